The van der Waals surface area contributed by atoms with Crippen LogP contribution in [0.4, 0.5) is 10.7 Å². The molecule has 6 heteroatoms. The molecule has 112 valence electrons. The summed E-state index contributed by atoms with van der Waals surface area (Å²) in [6.45, 7) is 5.75. The number of hydrogen-bond donors (Lipinski definition) is 3. The fourth-order valence-corrected chi connectivity index (χ4v) is 4.20. The first-order valence-corrected chi connectivity index (χ1v) is 9.09. The van der Waals surface area contributed by atoms with E-state index in [2.05, 4.69) is 17.6 Å². The number of carbonyl (C=O) groups excluding carboxylic acids is 1. The minimum absolute atomic E-state index is 0.0741. The standard InChI is InChI=1S/C14H23N3OS2/c1-4-14(6-7-14)8-17-13-11(19-3)9(15)10(20-13)12(18)16-5-2/h17H,4-8,15H2,1-3H3,(H,16,18). The van der Waals surface area contributed by atoms with Crippen LogP contribution < -0.4 is 16.4 Å². The molecule has 1 amide bonds. The lowest BCUT2D eigenvalue weighted by molar-refractivity contribution is 0.0960. The van der Waals surface area contributed by atoms with Crippen LogP contribution in [0, 0.1) is 5.41 Å². The van der Waals surface area contributed by atoms with E-state index in [0.717, 1.165) is 16.4 Å². The summed E-state index contributed by atoms with van der Waals surface area (Å²) in [5.74, 6) is -0.0741. The second-order valence-corrected chi connectivity index (χ2v) is 7.11. The molecule has 4 nitrogen and oxygen atoms in total. The van der Waals surface area contributed by atoms with E-state index in [-0.39, 0.29) is 5.91 Å². The van der Waals surface area contributed by atoms with Crippen molar-refractivity contribution in [3.8, 4) is 0 Å². The number of carbonyl (C=O) groups is 1. The molecule has 0 saturated heterocycles. The number of nitrogens with two attached hydrogens (primary N) is 1. The van der Waals surface area contributed by atoms with Crippen molar-refractivity contribution in [3.63, 3.8) is 0 Å². The molecule has 2 rings (SSSR count). The van der Waals surface area contributed by atoms with E-state index in [9.17, 15) is 4.79 Å². The number of hydrogen-bond acceptors (Lipinski definition) is 5. The van der Waals surface area contributed by atoms with Crippen molar-refractivity contribution in [1.82, 2.24) is 5.32 Å². The number of rotatable bonds is 7. The molecule has 1 aliphatic rings. The van der Waals surface area contributed by atoms with E-state index in [1.807, 2.05) is 13.2 Å². The lowest BCUT2D eigenvalue weighted by Gasteiger charge is -2.14. The van der Waals surface area contributed by atoms with Crippen LogP contribution in [0.3, 0.4) is 0 Å². The first kappa shape index (κ1) is 15.5. The fourth-order valence-electron chi connectivity index (χ4n) is 2.26. The molecule has 1 aliphatic carbocycles. The van der Waals surface area contributed by atoms with Gasteiger partial charge in [0, 0.05) is 13.1 Å². The van der Waals surface area contributed by atoms with E-state index in [1.165, 1.54) is 30.6 Å². The van der Waals surface area contributed by atoms with Crippen LogP contribution in [0.15, 0.2) is 4.90 Å². The van der Waals surface area contributed by atoms with Crippen molar-refractivity contribution in [1.29, 1.82) is 0 Å². The molecule has 0 aliphatic heterocycles. The predicted molar refractivity (Wildman–Crippen MR) is 89.0 cm³/mol. The SMILES string of the molecule is CCNC(=O)c1sc(NCC2(CC)CC2)c(SC)c1N. The van der Waals surface area contributed by atoms with Gasteiger partial charge in [-0.25, -0.2) is 0 Å². The van der Waals surface area contributed by atoms with Gasteiger partial charge in [0.25, 0.3) is 5.91 Å². The van der Waals surface area contributed by atoms with E-state index in [1.54, 1.807) is 11.8 Å². The van der Waals surface area contributed by atoms with Crippen LogP contribution in [0.1, 0.15) is 42.8 Å². The highest BCUT2D eigenvalue weighted by atomic mass is 32.2. The Labute approximate surface area is 128 Å². The third-order valence-corrected chi connectivity index (χ3v) is 6.10. The molecular formula is C14H23N3OS2. The van der Waals surface area contributed by atoms with Gasteiger partial charge in [0.15, 0.2) is 0 Å². The molecule has 0 unspecified atom stereocenters. The quantitative estimate of drug-likeness (QED) is 0.675. The Balaban J connectivity index is 2.15. The number of nitrogen functional groups attached to an aromatic ring is 1. The molecule has 0 radical (unpaired) electrons. The molecular weight excluding hydrogens is 290 g/mol. The maximum Gasteiger partial charge on any atom is 0.263 e. The Bertz CT molecular complexity index is 495. The Morgan fingerprint density at radius 3 is 2.65 bits per heavy atom. The summed E-state index contributed by atoms with van der Waals surface area (Å²) in [5.41, 5.74) is 7.20. The van der Waals surface area contributed by atoms with E-state index >= 15 is 0 Å². The Morgan fingerprint density at radius 1 is 1.45 bits per heavy atom. The second-order valence-electron chi connectivity index (χ2n) is 5.27. The molecule has 1 saturated carbocycles. The number of amides is 1. The molecule has 1 heterocycles. The third kappa shape index (κ3) is 3.06. The van der Waals surface area contributed by atoms with Gasteiger partial charge in [-0.15, -0.1) is 23.1 Å². The van der Waals surface area contributed by atoms with Gasteiger partial charge in [-0.2, -0.15) is 0 Å². The van der Waals surface area contributed by atoms with Crippen molar-refractivity contribution in [3.05, 3.63) is 4.88 Å². The highest BCUT2D eigenvalue weighted by Gasteiger charge is 2.40. The molecule has 4 N–H and O–H groups in total. The minimum Gasteiger partial charge on any atom is -0.396 e. The summed E-state index contributed by atoms with van der Waals surface area (Å²) < 4.78 is 0. The Hall–Kier alpha value is -0.880. The van der Waals surface area contributed by atoms with Gasteiger partial charge in [-0.1, -0.05) is 6.92 Å². The maximum absolute atomic E-state index is 12.0. The minimum atomic E-state index is -0.0741. The zero-order valence-electron chi connectivity index (χ0n) is 12.3. The van der Waals surface area contributed by atoms with Crippen molar-refractivity contribution in [2.75, 3.05) is 30.4 Å². The molecule has 1 aromatic heterocycles. The predicted octanol–water partition coefficient (Wildman–Crippen LogP) is 3.40. The lowest BCUT2D eigenvalue weighted by Crippen LogP contribution is -2.22. The zero-order valence-corrected chi connectivity index (χ0v) is 14.0. The van der Waals surface area contributed by atoms with Gasteiger partial charge >= 0.3 is 0 Å². The van der Waals surface area contributed by atoms with Crippen LogP contribution in [0.2, 0.25) is 0 Å². The third-order valence-electron chi connectivity index (χ3n) is 3.98. The number of nitrogens with one attached hydrogen (secondary N) is 2. The van der Waals surface area contributed by atoms with E-state index < -0.39 is 0 Å². The van der Waals surface area contributed by atoms with Gasteiger partial charge < -0.3 is 16.4 Å². The first-order valence-electron chi connectivity index (χ1n) is 7.05. The van der Waals surface area contributed by atoms with Crippen LogP contribution in [0.5, 0.6) is 0 Å². The van der Waals surface area contributed by atoms with Gasteiger partial charge in [0.2, 0.25) is 0 Å². The van der Waals surface area contributed by atoms with E-state index in [0.29, 0.717) is 22.5 Å². The Morgan fingerprint density at radius 2 is 2.15 bits per heavy atom. The Kier molecular flexibility index (Phi) is 4.86. The van der Waals surface area contributed by atoms with Gasteiger partial charge in [-0.3, -0.25) is 4.79 Å². The molecule has 0 spiro atoms. The number of anilines is 2. The molecule has 1 aromatic rings. The van der Waals surface area contributed by atoms with Gasteiger partial charge in [0.05, 0.1) is 10.6 Å². The number of thioether (sulfide) groups is 1. The maximum atomic E-state index is 12.0. The average Bonchev–Trinajstić information content (AvgIpc) is 3.15. The first-order chi connectivity index (χ1) is 9.56. The van der Waals surface area contributed by atoms with Crippen molar-refractivity contribution >= 4 is 39.7 Å². The molecule has 0 aromatic carbocycles. The lowest BCUT2D eigenvalue weighted by atomic mass is 10.0. The normalized spacial score (nSPS) is 15.9. The number of thiophene rings is 1. The smallest absolute Gasteiger partial charge is 0.263 e. The van der Waals surface area contributed by atoms with Crippen LogP contribution in [0.25, 0.3) is 0 Å². The fraction of sp³-hybridized carbons (Fsp3) is 0.643. The zero-order chi connectivity index (χ0) is 14.8. The monoisotopic (exact) mass is 313 g/mol. The second kappa shape index (κ2) is 6.26. The highest BCUT2D eigenvalue weighted by Crippen LogP contribution is 2.49. The van der Waals surface area contributed by atoms with Crippen LogP contribution in [-0.2, 0) is 0 Å². The summed E-state index contributed by atoms with van der Waals surface area (Å²) in [7, 11) is 0. The molecule has 0 atom stereocenters. The summed E-state index contributed by atoms with van der Waals surface area (Å²) in [4.78, 5) is 13.6. The van der Waals surface area contributed by atoms with Crippen LogP contribution in [-0.4, -0.2) is 25.3 Å². The summed E-state index contributed by atoms with van der Waals surface area (Å²) in [6.07, 6.45) is 5.81. The summed E-state index contributed by atoms with van der Waals surface area (Å²) in [6, 6.07) is 0. The van der Waals surface area contributed by atoms with Crippen molar-refractivity contribution in [2.24, 2.45) is 5.41 Å². The van der Waals surface area contributed by atoms with Gasteiger partial charge in [0.1, 0.15) is 9.88 Å². The summed E-state index contributed by atoms with van der Waals surface area (Å²) >= 11 is 3.07. The van der Waals surface area contributed by atoms with Gasteiger partial charge in [-0.05, 0) is 37.9 Å². The molecule has 1 fully saturated rings. The topological polar surface area (TPSA) is 67.2 Å². The average molecular weight is 313 g/mol. The van der Waals surface area contributed by atoms with Crippen molar-refractivity contribution in [2.45, 2.75) is 38.0 Å². The summed E-state index contributed by atoms with van der Waals surface area (Å²) in [5, 5.41) is 7.37. The van der Waals surface area contributed by atoms with E-state index in [4.69, 9.17) is 5.73 Å². The van der Waals surface area contributed by atoms with Crippen LogP contribution >= 0.6 is 23.1 Å². The highest BCUT2D eigenvalue weighted by molar-refractivity contribution is 7.99. The largest absolute Gasteiger partial charge is 0.396 e. The molecule has 0 bridgehead atoms. The molecule has 20 heavy (non-hydrogen) atoms. The van der Waals surface area contributed by atoms with Crippen molar-refractivity contribution < 1.29 is 4.79 Å².